The minimum absolute atomic E-state index is 0.0534. The minimum Gasteiger partial charge on any atom is -0.350 e. The van der Waals surface area contributed by atoms with Gasteiger partial charge in [-0.3, -0.25) is 14.2 Å². The Morgan fingerprint density at radius 2 is 2.28 bits per heavy atom. The maximum atomic E-state index is 11.7. The first-order chi connectivity index (χ1) is 8.67. The molecule has 6 nitrogen and oxygen atoms in total. The summed E-state index contributed by atoms with van der Waals surface area (Å²) >= 11 is 0. The van der Waals surface area contributed by atoms with Crippen molar-refractivity contribution in [2.24, 2.45) is 0 Å². The number of hydrogen-bond acceptors (Lipinski definition) is 3. The molecule has 0 spiro atoms. The summed E-state index contributed by atoms with van der Waals surface area (Å²) in [4.78, 5) is 11.7. The van der Waals surface area contributed by atoms with Gasteiger partial charge in [-0.2, -0.15) is 10.2 Å². The molecule has 1 amide bonds. The summed E-state index contributed by atoms with van der Waals surface area (Å²) in [6.07, 6.45) is 5.49. The molecular formula is C12H17N5O. The molecule has 2 aromatic rings. The Balaban J connectivity index is 1.81. The van der Waals surface area contributed by atoms with Gasteiger partial charge < -0.3 is 5.32 Å². The number of aromatic nitrogens is 4. The molecule has 0 aromatic carbocycles. The van der Waals surface area contributed by atoms with Crippen LogP contribution in [0.3, 0.4) is 0 Å². The molecule has 0 aliphatic carbocycles. The van der Waals surface area contributed by atoms with E-state index in [1.54, 1.807) is 17.1 Å². The van der Waals surface area contributed by atoms with Crippen LogP contribution in [0.4, 0.5) is 0 Å². The molecule has 0 aliphatic heterocycles. The van der Waals surface area contributed by atoms with Gasteiger partial charge in [-0.1, -0.05) is 0 Å². The second-order valence-corrected chi connectivity index (χ2v) is 4.14. The van der Waals surface area contributed by atoms with E-state index in [2.05, 4.69) is 15.5 Å². The Kier molecular flexibility index (Phi) is 3.76. The molecule has 0 bridgehead atoms. The highest BCUT2D eigenvalue weighted by molar-refractivity contribution is 5.75. The van der Waals surface area contributed by atoms with Gasteiger partial charge >= 0.3 is 0 Å². The Hall–Kier alpha value is -2.11. The molecule has 2 aromatic heterocycles. The predicted octanol–water partition coefficient (Wildman–Crippen LogP) is 0.724. The molecule has 0 aliphatic rings. The highest BCUT2D eigenvalue weighted by Gasteiger charge is 2.04. The molecule has 0 saturated heterocycles. The number of carbonyl (C=O) groups is 1. The number of aryl methyl sites for hydroxylation is 2. The number of hydrogen-bond donors (Lipinski definition) is 1. The number of nitrogens with one attached hydrogen (secondary N) is 1. The van der Waals surface area contributed by atoms with Crippen LogP contribution < -0.4 is 5.32 Å². The summed E-state index contributed by atoms with van der Waals surface area (Å²) in [6.45, 7) is 5.50. The van der Waals surface area contributed by atoms with E-state index < -0.39 is 0 Å². The fourth-order valence-corrected chi connectivity index (χ4v) is 1.63. The lowest BCUT2D eigenvalue weighted by molar-refractivity contribution is -0.122. The maximum Gasteiger partial charge on any atom is 0.241 e. The zero-order valence-electron chi connectivity index (χ0n) is 10.6. The SMILES string of the molecule is CCn1cc(CNC(=O)Cn2ccc(C)n2)cn1. The van der Waals surface area contributed by atoms with E-state index in [9.17, 15) is 4.79 Å². The quantitative estimate of drug-likeness (QED) is 0.847. The van der Waals surface area contributed by atoms with Crippen molar-refractivity contribution in [3.63, 3.8) is 0 Å². The fourth-order valence-electron chi connectivity index (χ4n) is 1.63. The molecule has 6 heteroatoms. The van der Waals surface area contributed by atoms with Gasteiger partial charge in [0.1, 0.15) is 6.54 Å². The summed E-state index contributed by atoms with van der Waals surface area (Å²) in [5.41, 5.74) is 1.91. The van der Waals surface area contributed by atoms with Crippen LogP contribution in [-0.2, 0) is 24.4 Å². The number of amides is 1. The Morgan fingerprint density at radius 1 is 1.44 bits per heavy atom. The molecule has 2 heterocycles. The van der Waals surface area contributed by atoms with Crippen molar-refractivity contribution < 1.29 is 4.79 Å². The van der Waals surface area contributed by atoms with Gasteiger partial charge in [-0.25, -0.2) is 0 Å². The van der Waals surface area contributed by atoms with Gasteiger partial charge in [0.25, 0.3) is 0 Å². The summed E-state index contributed by atoms with van der Waals surface area (Å²) < 4.78 is 3.46. The maximum absolute atomic E-state index is 11.7. The molecule has 0 saturated carbocycles. The van der Waals surface area contributed by atoms with E-state index in [1.165, 1.54) is 0 Å². The van der Waals surface area contributed by atoms with Gasteiger partial charge in [-0.05, 0) is 19.9 Å². The molecule has 1 N–H and O–H groups in total. The molecule has 2 rings (SSSR count). The third-order valence-electron chi connectivity index (χ3n) is 2.58. The van der Waals surface area contributed by atoms with Crippen molar-refractivity contribution in [3.05, 3.63) is 35.9 Å². The molecule has 0 fully saturated rings. The number of nitrogens with zero attached hydrogens (tertiary/aromatic N) is 4. The van der Waals surface area contributed by atoms with E-state index in [4.69, 9.17) is 0 Å². The zero-order valence-corrected chi connectivity index (χ0v) is 10.6. The van der Waals surface area contributed by atoms with Crippen LogP contribution in [0, 0.1) is 6.92 Å². The highest BCUT2D eigenvalue weighted by Crippen LogP contribution is 1.97. The Morgan fingerprint density at radius 3 is 2.89 bits per heavy atom. The van der Waals surface area contributed by atoms with Gasteiger partial charge in [0.05, 0.1) is 11.9 Å². The highest BCUT2D eigenvalue weighted by atomic mass is 16.2. The summed E-state index contributed by atoms with van der Waals surface area (Å²) in [6, 6.07) is 1.87. The largest absolute Gasteiger partial charge is 0.350 e. The first kappa shape index (κ1) is 12.3. The summed E-state index contributed by atoms with van der Waals surface area (Å²) in [5, 5.41) is 11.2. The molecule has 0 atom stereocenters. The van der Waals surface area contributed by atoms with Crippen LogP contribution in [0.2, 0.25) is 0 Å². The molecule has 0 radical (unpaired) electrons. The van der Waals surface area contributed by atoms with E-state index in [1.807, 2.05) is 30.8 Å². The normalized spacial score (nSPS) is 10.6. The van der Waals surface area contributed by atoms with Crippen LogP contribution in [-0.4, -0.2) is 25.5 Å². The van der Waals surface area contributed by atoms with Gasteiger partial charge in [0.15, 0.2) is 0 Å². The van der Waals surface area contributed by atoms with Crippen LogP contribution in [0.15, 0.2) is 24.7 Å². The summed E-state index contributed by atoms with van der Waals surface area (Å²) in [5.74, 6) is -0.0534. The van der Waals surface area contributed by atoms with Gasteiger partial charge in [-0.15, -0.1) is 0 Å². The average Bonchev–Trinajstić information content (AvgIpc) is 2.95. The van der Waals surface area contributed by atoms with E-state index in [0.717, 1.165) is 17.8 Å². The standard InChI is InChI=1S/C12H17N5O/c1-3-16-8-11(7-14-16)6-13-12(18)9-17-5-4-10(2)15-17/h4-5,7-8H,3,6,9H2,1-2H3,(H,13,18). The minimum atomic E-state index is -0.0534. The smallest absolute Gasteiger partial charge is 0.241 e. The van der Waals surface area contributed by atoms with Gasteiger partial charge in [0, 0.05) is 31.0 Å². The van der Waals surface area contributed by atoms with Crippen molar-refractivity contribution in [1.29, 1.82) is 0 Å². The zero-order chi connectivity index (χ0) is 13.0. The second kappa shape index (κ2) is 5.48. The predicted molar refractivity (Wildman–Crippen MR) is 66.7 cm³/mol. The van der Waals surface area contributed by atoms with Crippen LogP contribution in [0.5, 0.6) is 0 Å². The monoisotopic (exact) mass is 247 g/mol. The molecule has 96 valence electrons. The third kappa shape index (κ3) is 3.19. The van der Waals surface area contributed by atoms with E-state index in [0.29, 0.717) is 6.54 Å². The summed E-state index contributed by atoms with van der Waals surface area (Å²) in [7, 11) is 0. The van der Waals surface area contributed by atoms with Crippen LogP contribution in [0.1, 0.15) is 18.2 Å². The van der Waals surface area contributed by atoms with Gasteiger partial charge in [0.2, 0.25) is 5.91 Å². The van der Waals surface area contributed by atoms with Crippen molar-refractivity contribution >= 4 is 5.91 Å². The van der Waals surface area contributed by atoms with Crippen molar-refractivity contribution in [2.45, 2.75) is 33.5 Å². The lowest BCUT2D eigenvalue weighted by Crippen LogP contribution is -2.27. The molecule has 18 heavy (non-hydrogen) atoms. The van der Waals surface area contributed by atoms with Crippen LogP contribution >= 0.6 is 0 Å². The number of carbonyl (C=O) groups excluding carboxylic acids is 1. The Bertz CT molecular complexity index is 528. The van der Waals surface area contributed by atoms with E-state index in [-0.39, 0.29) is 12.5 Å². The van der Waals surface area contributed by atoms with E-state index >= 15 is 0 Å². The third-order valence-corrected chi connectivity index (χ3v) is 2.58. The second-order valence-electron chi connectivity index (χ2n) is 4.14. The number of rotatable bonds is 5. The van der Waals surface area contributed by atoms with Crippen molar-refractivity contribution in [2.75, 3.05) is 0 Å². The van der Waals surface area contributed by atoms with Crippen molar-refractivity contribution in [1.82, 2.24) is 24.9 Å². The Labute approximate surface area is 106 Å². The topological polar surface area (TPSA) is 64.7 Å². The lowest BCUT2D eigenvalue weighted by atomic mass is 10.3. The lowest BCUT2D eigenvalue weighted by Gasteiger charge is -2.03. The van der Waals surface area contributed by atoms with Crippen molar-refractivity contribution in [3.8, 4) is 0 Å². The van der Waals surface area contributed by atoms with Crippen LogP contribution in [0.25, 0.3) is 0 Å². The first-order valence-corrected chi connectivity index (χ1v) is 5.95. The first-order valence-electron chi connectivity index (χ1n) is 5.95. The average molecular weight is 247 g/mol. The molecule has 0 unspecified atom stereocenters. The fraction of sp³-hybridized carbons (Fsp3) is 0.417. The molecular weight excluding hydrogens is 230 g/mol.